The summed E-state index contributed by atoms with van der Waals surface area (Å²) >= 11 is 0. The molecule has 1 saturated heterocycles. The van der Waals surface area contributed by atoms with Gasteiger partial charge in [0.1, 0.15) is 23.4 Å². The Morgan fingerprint density at radius 2 is 1.77 bits per heavy atom. The Bertz CT molecular complexity index is 808. The van der Waals surface area contributed by atoms with Gasteiger partial charge < -0.3 is 19.2 Å². The van der Waals surface area contributed by atoms with Crippen LogP contribution >= 0.6 is 0 Å². The molecule has 1 fully saturated rings. The molecule has 162 valence electrons. The zero-order valence-electron chi connectivity index (χ0n) is 17.5. The molecule has 6 heteroatoms. The average Bonchev–Trinajstić information content (AvgIpc) is 3.17. The lowest BCUT2D eigenvalue weighted by atomic mass is 9.96. The zero-order chi connectivity index (χ0) is 21.5. The highest BCUT2D eigenvalue weighted by atomic mass is 19.3. The third-order valence-corrected chi connectivity index (χ3v) is 5.30. The summed E-state index contributed by atoms with van der Waals surface area (Å²) in [6.45, 7) is 5.37. The van der Waals surface area contributed by atoms with Crippen LogP contribution in [0.15, 0.2) is 48.5 Å². The lowest BCUT2D eigenvalue weighted by Crippen LogP contribution is -2.24. The molecule has 1 unspecified atom stereocenters. The SMILES string of the molecule is CC(=O)C[C@@H](C)c1ccc(OC2CCN(c3ccc(OCCC(F)F)cc3)C2)cc1. The molecular formula is C24H29F2NO3. The zero-order valence-corrected chi connectivity index (χ0v) is 17.5. The number of carbonyl (C=O) groups is 1. The van der Waals surface area contributed by atoms with Gasteiger partial charge in [-0.3, -0.25) is 0 Å². The number of Topliss-reactive ketones (excluding diaryl/α,β-unsaturated/α-hetero) is 1. The molecule has 0 amide bonds. The van der Waals surface area contributed by atoms with E-state index in [9.17, 15) is 13.6 Å². The topological polar surface area (TPSA) is 38.8 Å². The van der Waals surface area contributed by atoms with E-state index in [0.717, 1.165) is 36.5 Å². The quantitative estimate of drug-likeness (QED) is 0.515. The van der Waals surface area contributed by atoms with Crippen LogP contribution in [-0.2, 0) is 4.79 Å². The van der Waals surface area contributed by atoms with E-state index in [4.69, 9.17) is 9.47 Å². The number of anilines is 1. The number of rotatable bonds is 10. The Hall–Kier alpha value is -2.63. The summed E-state index contributed by atoms with van der Waals surface area (Å²) in [5, 5.41) is 0. The predicted octanol–water partition coefficient (Wildman–Crippen LogP) is 5.46. The van der Waals surface area contributed by atoms with E-state index in [0.29, 0.717) is 12.2 Å². The summed E-state index contributed by atoms with van der Waals surface area (Å²) < 4.78 is 35.9. The fraction of sp³-hybridized carbons (Fsp3) is 0.458. The molecule has 2 aromatic rings. The molecule has 1 aliphatic heterocycles. The van der Waals surface area contributed by atoms with Gasteiger partial charge in [0.05, 0.1) is 13.2 Å². The van der Waals surface area contributed by atoms with Crippen LogP contribution in [0.25, 0.3) is 0 Å². The molecule has 0 radical (unpaired) electrons. The third kappa shape index (κ3) is 6.44. The maximum atomic E-state index is 12.2. The second kappa shape index (κ2) is 10.4. The van der Waals surface area contributed by atoms with Gasteiger partial charge in [0, 0.05) is 31.5 Å². The minimum atomic E-state index is -2.34. The molecule has 30 heavy (non-hydrogen) atoms. The highest BCUT2D eigenvalue weighted by Gasteiger charge is 2.24. The van der Waals surface area contributed by atoms with Crippen molar-refractivity contribution in [3.63, 3.8) is 0 Å². The van der Waals surface area contributed by atoms with Crippen LogP contribution in [0.1, 0.15) is 44.6 Å². The number of carbonyl (C=O) groups excluding carboxylic acids is 1. The van der Waals surface area contributed by atoms with Gasteiger partial charge in [-0.2, -0.15) is 0 Å². The summed E-state index contributed by atoms with van der Waals surface area (Å²) in [6.07, 6.45) is -1.02. The Labute approximate surface area is 176 Å². The van der Waals surface area contributed by atoms with Crippen LogP contribution in [-0.4, -0.2) is 38.0 Å². The molecular weight excluding hydrogens is 388 g/mol. The lowest BCUT2D eigenvalue weighted by Gasteiger charge is -2.20. The molecule has 4 nitrogen and oxygen atoms in total. The first-order valence-electron chi connectivity index (χ1n) is 10.4. The van der Waals surface area contributed by atoms with Crippen molar-refractivity contribution < 1.29 is 23.0 Å². The van der Waals surface area contributed by atoms with Gasteiger partial charge in [-0.1, -0.05) is 19.1 Å². The van der Waals surface area contributed by atoms with Crippen molar-refractivity contribution in [1.82, 2.24) is 0 Å². The number of ether oxygens (including phenoxy) is 2. The molecule has 0 aliphatic carbocycles. The summed E-state index contributed by atoms with van der Waals surface area (Å²) in [4.78, 5) is 13.5. The smallest absolute Gasteiger partial charge is 0.241 e. The minimum absolute atomic E-state index is 0.0168. The van der Waals surface area contributed by atoms with Crippen molar-refractivity contribution >= 4 is 11.5 Å². The number of halogens is 2. The van der Waals surface area contributed by atoms with E-state index < -0.39 is 6.43 Å². The Morgan fingerprint density at radius 1 is 1.10 bits per heavy atom. The van der Waals surface area contributed by atoms with E-state index in [1.807, 2.05) is 48.5 Å². The number of hydrogen-bond acceptors (Lipinski definition) is 4. The Kier molecular flexibility index (Phi) is 7.66. The molecule has 3 rings (SSSR count). The van der Waals surface area contributed by atoms with Crippen molar-refractivity contribution in [3.05, 3.63) is 54.1 Å². The average molecular weight is 417 g/mol. The van der Waals surface area contributed by atoms with E-state index in [2.05, 4.69) is 11.8 Å². The molecule has 0 aromatic heterocycles. The van der Waals surface area contributed by atoms with Gasteiger partial charge in [0.2, 0.25) is 6.43 Å². The summed E-state index contributed by atoms with van der Waals surface area (Å²) in [5.74, 6) is 1.84. The van der Waals surface area contributed by atoms with Crippen molar-refractivity contribution in [3.8, 4) is 11.5 Å². The Morgan fingerprint density at radius 3 is 2.40 bits per heavy atom. The van der Waals surface area contributed by atoms with Gasteiger partial charge in [0.15, 0.2) is 0 Å². The van der Waals surface area contributed by atoms with Crippen LogP contribution in [0.5, 0.6) is 11.5 Å². The fourth-order valence-corrected chi connectivity index (χ4v) is 3.69. The summed E-state index contributed by atoms with van der Waals surface area (Å²) in [5.41, 5.74) is 2.21. The Balaban J connectivity index is 1.49. The molecule has 1 heterocycles. The van der Waals surface area contributed by atoms with Crippen molar-refractivity contribution in [2.45, 2.75) is 51.6 Å². The van der Waals surface area contributed by atoms with Crippen LogP contribution in [0, 0.1) is 0 Å². The highest BCUT2D eigenvalue weighted by molar-refractivity contribution is 5.76. The molecule has 0 spiro atoms. The van der Waals surface area contributed by atoms with Crippen LogP contribution in [0.3, 0.4) is 0 Å². The van der Waals surface area contributed by atoms with E-state index in [1.165, 1.54) is 0 Å². The first-order chi connectivity index (χ1) is 14.4. The normalized spacial score (nSPS) is 17.2. The maximum absolute atomic E-state index is 12.2. The van der Waals surface area contributed by atoms with Gasteiger partial charge in [0.25, 0.3) is 0 Å². The number of hydrogen-bond donors (Lipinski definition) is 0. The van der Waals surface area contributed by atoms with Crippen molar-refractivity contribution in [1.29, 1.82) is 0 Å². The second-order valence-electron chi connectivity index (χ2n) is 7.87. The maximum Gasteiger partial charge on any atom is 0.241 e. The predicted molar refractivity (Wildman–Crippen MR) is 114 cm³/mol. The summed E-state index contributed by atoms with van der Waals surface area (Å²) in [6, 6.07) is 15.5. The van der Waals surface area contributed by atoms with Gasteiger partial charge in [-0.15, -0.1) is 0 Å². The molecule has 0 saturated carbocycles. The van der Waals surface area contributed by atoms with E-state index >= 15 is 0 Å². The molecule has 1 aliphatic rings. The molecule has 0 bridgehead atoms. The number of benzene rings is 2. The third-order valence-electron chi connectivity index (χ3n) is 5.30. The summed E-state index contributed by atoms with van der Waals surface area (Å²) in [7, 11) is 0. The van der Waals surface area contributed by atoms with E-state index in [-0.39, 0.29) is 30.8 Å². The van der Waals surface area contributed by atoms with Gasteiger partial charge in [-0.05, 0) is 54.8 Å². The fourth-order valence-electron chi connectivity index (χ4n) is 3.69. The standard InChI is InChI=1S/C24H29F2NO3/c1-17(15-18(2)28)19-3-7-22(8-4-19)30-23-11-13-27(16-23)20-5-9-21(10-6-20)29-14-12-24(25)26/h3-10,17,23-24H,11-16H2,1-2H3/t17-,23?/m1/s1. The van der Waals surface area contributed by atoms with Gasteiger partial charge >= 0.3 is 0 Å². The number of ketones is 1. The van der Waals surface area contributed by atoms with E-state index in [1.54, 1.807) is 6.92 Å². The largest absolute Gasteiger partial charge is 0.493 e. The highest BCUT2D eigenvalue weighted by Crippen LogP contribution is 2.27. The second-order valence-corrected chi connectivity index (χ2v) is 7.87. The molecule has 2 aromatic carbocycles. The van der Waals surface area contributed by atoms with Crippen molar-refractivity contribution in [2.75, 3.05) is 24.6 Å². The number of nitrogens with zero attached hydrogens (tertiary/aromatic N) is 1. The lowest BCUT2D eigenvalue weighted by molar-refractivity contribution is -0.117. The van der Waals surface area contributed by atoms with Crippen LogP contribution in [0.4, 0.5) is 14.5 Å². The number of alkyl halides is 2. The first-order valence-corrected chi connectivity index (χ1v) is 10.4. The molecule has 2 atom stereocenters. The van der Waals surface area contributed by atoms with Crippen LogP contribution in [0.2, 0.25) is 0 Å². The monoisotopic (exact) mass is 417 g/mol. The van der Waals surface area contributed by atoms with Crippen molar-refractivity contribution in [2.24, 2.45) is 0 Å². The molecule has 0 N–H and O–H groups in total. The van der Waals surface area contributed by atoms with Crippen LogP contribution < -0.4 is 14.4 Å². The minimum Gasteiger partial charge on any atom is -0.493 e. The van der Waals surface area contributed by atoms with Gasteiger partial charge in [-0.25, -0.2) is 8.78 Å². The first kappa shape index (κ1) is 22.1.